The van der Waals surface area contributed by atoms with Gasteiger partial charge in [0.25, 0.3) is 0 Å². The molecule has 3 aliphatic heterocycles. The van der Waals surface area contributed by atoms with Crippen molar-refractivity contribution in [3.8, 4) is 0 Å². The maximum absolute atomic E-state index is 12.1. The van der Waals surface area contributed by atoms with Crippen LogP contribution in [-0.4, -0.2) is 50.5 Å². The molecule has 6 rings (SSSR count). The maximum Gasteiger partial charge on any atom is 0.199 e. The number of hydrogen-bond acceptors (Lipinski definition) is 3. The molecule has 0 bridgehead atoms. The van der Waals surface area contributed by atoms with E-state index in [-0.39, 0.29) is 5.56 Å². The molecular formula is C30H32N2O2Si. The Morgan fingerprint density at radius 3 is 2.43 bits per heavy atom. The number of anilines is 1. The summed E-state index contributed by atoms with van der Waals surface area (Å²) in [5.41, 5.74) is 7.00. The molecule has 1 aliphatic carbocycles. The Balaban J connectivity index is 1.63. The van der Waals surface area contributed by atoms with Gasteiger partial charge in [-0.3, -0.25) is 0 Å². The number of carbonyl (C=O) groups excluding carboxylic acids is 1. The molecular weight excluding hydrogens is 448 g/mol. The van der Waals surface area contributed by atoms with Gasteiger partial charge < -0.3 is 14.8 Å². The van der Waals surface area contributed by atoms with E-state index in [1.807, 2.05) is 12.1 Å². The molecule has 0 spiro atoms. The molecule has 4 nitrogen and oxygen atoms in total. The maximum atomic E-state index is 12.1. The Hall–Kier alpha value is -3.18. The largest absolute Gasteiger partial charge is 0.545 e. The first-order valence-electron chi connectivity index (χ1n) is 12.9. The summed E-state index contributed by atoms with van der Waals surface area (Å²) in [7, 11) is -2.05. The molecule has 2 aromatic rings. The second-order valence-electron chi connectivity index (χ2n) is 10.7. The average molecular weight is 481 g/mol. The Morgan fingerprint density at radius 2 is 1.69 bits per heavy atom. The fourth-order valence-electron chi connectivity index (χ4n) is 6.34. The Kier molecular flexibility index (Phi) is 5.41. The van der Waals surface area contributed by atoms with Crippen LogP contribution in [0.1, 0.15) is 47.2 Å². The highest BCUT2D eigenvalue weighted by Crippen LogP contribution is 2.42. The molecule has 0 saturated carbocycles. The molecule has 2 fully saturated rings. The minimum Gasteiger partial charge on any atom is -0.545 e. The van der Waals surface area contributed by atoms with E-state index < -0.39 is 14.0 Å². The molecule has 0 radical (unpaired) electrons. The smallest absolute Gasteiger partial charge is 0.199 e. The van der Waals surface area contributed by atoms with Gasteiger partial charge in [-0.25, -0.2) is 4.58 Å². The van der Waals surface area contributed by atoms with Gasteiger partial charge in [0.15, 0.2) is 5.71 Å². The number of aromatic carboxylic acids is 1. The zero-order chi connectivity index (χ0) is 24.2. The normalized spacial score (nSPS) is 20.7. The van der Waals surface area contributed by atoms with E-state index in [2.05, 4.69) is 59.0 Å². The second-order valence-corrected chi connectivity index (χ2v) is 15.0. The Morgan fingerprint density at radius 1 is 0.943 bits per heavy atom. The third-order valence-electron chi connectivity index (χ3n) is 8.25. The van der Waals surface area contributed by atoms with Crippen molar-refractivity contribution in [2.24, 2.45) is 0 Å². The lowest BCUT2D eigenvalue weighted by Crippen LogP contribution is -2.50. The van der Waals surface area contributed by atoms with Crippen molar-refractivity contribution >= 4 is 36.2 Å². The average Bonchev–Trinajstić information content (AvgIpc) is 3.59. The fraction of sp³-hybridized carbons (Fsp3) is 0.333. The molecule has 0 amide bonds. The van der Waals surface area contributed by atoms with E-state index in [4.69, 9.17) is 0 Å². The SMILES string of the molecule is C[Si]1(C)C2=CC(=[N+]3CCCC3)C=CC2=C(c2ccccc2C(=O)[O-])c2ccc(N3CCCC3)cc21. The standard InChI is InChI=1S/C30H32N2O2Si/c1-35(2)27-19-21(31-15-5-6-16-31)11-13-25(27)29(23-9-3-4-10-24(23)30(33)34)26-14-12-22(20-28(26)35)32-17-7-8-18-32/h3-4,9-14,19-20H,5-8,15-18H2,1-2H3. The molecule has 5 heteroatoms. The molecule has 0 aromatic heterocycles. The van der Waals surface area contributed by atoms with Crippen LogP contribution in [0, 0.1) is 0 Å². The topological polar surface area (TPSA) is 46.4 Å². The predicted molar refractivity (Wildman–Crippen MR) is 143 cm³/mol. The van der Waals surface area contributed by atoms with E-state index in [1.54, 1.807) is 12.1 Å². The highest BCUT2D eigenvalue weighted by molar-refractivity contribution is 6.98. The summed E-state index contributed by atoms with van der Waals surface area (Å²) in [6.45, 7) is 9.35. The molecule has 35 heavy (non-hydrogen) atoms. The number of carboxylic acid groups (broad SMARTS) is 1. The van der Waals surface area contributed by atoms with Crippen LogP contribution in [0.4, 0.5) is 5.69 Å². The van der Waals surface area contributed by atoms with Crippen LogP contribution in [0.3, 0.4) is 0 Å². The van der Waals surface area contributed by atoms with Gasteiger partial charge in [0.1, 0.15) is 21.2 Å². The van der Waals surface area contributed by atoms with E-state index in [9.17, 15) is 9.90 Å². The highest BCUT2D eigenvalue weighted by Gasteiger charge is 2.41. The molecule has 0 N–H and O–H groups in total. The quantitative estimate of drug-likeness (QED) is 0.498. The number of benzene rings is 2. The first kappa shape index (κ1) is 22.3. The lowest BCUT2D eigenvalue weighted by atomic mass is 9.87. The van der Waals surface area contributed by atoms with Crippen molar-refractivity contribution in [1.29, 1.82) is 0 Å². The zero-order valence-corrected chi connectivity index (χ0v) is 21.6. The van der Waals surface area contributed by atoms with Crippen LogP contribution in [0.15, 0.2) is 71.5 Å². The fourth-order valence-corrected chi connectivity index (χ4v) is 9.41. The minimum absolute atomic E-state index is 0.257. The Labute approximate surface area is 208 Å². The van der Waals surface area contributed by atoms with Gasteiger partial charge in [-0.2, -0.15) is 0 Å². The van der Waals surface area contributed by atoms with Crippen molar-refractivity contribution in [2.45, 2.75) is 38.8 Å². The van der Waals surface area contributed by atoms with Crippen molar-refractivity contribution in [3.63, 3.8) is 0 Å². The zero-order valence-electron chi connectivity index (χ0n) is 20.6. The first-order chi connectivity index (χ1) is 16.9. The van der Waals surface area contributed by atoms with E-state index in [0.29, 0.717) is 0 Å². The summed E-state index contributed by atoms with van der Waals surface area (Å²) in [6, 6.07) is 14.2. The van der Waals surface area contributed by atoms with Crippen LogP contribution in [0.2, 0.25) is 13.1 Å². The van der Waals surface area contributed by atoms with Gasteiger partial charge in [-0.15, -0.1) is 0 Å². The molecule has 178 valence electrons. The summed E-state index contributed by atoms with van der Waals surface area (Å²) in [5.74, 6) is -1.12. The summed E-state index contributed by atoms with van der Waals surface area (Å²) < 4.78 is 2.50. The lowest BCUT2D eigenvalue weighted by molar-refractivity contribution is -0.504. The van der Waals surface area contributed by atoms with E-state index in [1.165, 1.54) is 58.6 Å². The minimum atomic E-state index is -2.05. The van der Waals surface area contributed by atoms with Gasteiger partial charge in [0, 0.05) is 49.3 Å². The summed E-state index contributed by atoms with van der Waals surface area (Å²) in [5, 5.41) is 14.9. The summed E-state index contributed by atoms with van der Waals surface area (Å²) >= 11 is 0. The van der Waals surface area contributed by atoms with Crippen LogP contribution in [0.25, 0.3) is 5.57 Å². The van der Waals surface area contributed by atoms with Crippen LogP contribution >= 0.6 is 0 Å². The van der Waals surface area contributed by atoms with Gasteiger partial charge in [0.2, 0.25) is 0 Å². The molecule has 2 aromatic carbocycles. The molecule has 2 saturated heterocycles. The van der Waals surface area contributed by atoms with Gasteiger partial charge in [0.05, 0.1) is 5.97 Å². The molecule has 3 heterocycles. The lowest BCUT2D eigenvalue weighted by Gasteiger charge is -2.38. The Bertz CT molecular complexity index is 1350. The van der Waals surface area contributed by atoms with Crippen molar-refractivity contribution < 1.29 is 14.5 Å². The number of nitrogens with zero attached hydrogens (tertiary/aromatic N) is 2. The molecule has 0 unspecified atom stereocenters. The summed E-state index contributed by atoms with van der Waals surface area (Å²) in [4.78, 5) is 14.6. The third-order valence-corrected chi connectivity index (χ3v) is 11.8. The monoisotopic (exact) mass is 480 g/mol. The number of hydrogen-bond donors (Lipinski definition) is 0. The highest BCUT2D eigenvalue weighted by atomic mass is 28.3. The van der Waals surface area contributed by atoms with Crippen molar-refractivity contribution in [2.75, 3.05) is 31.1 Å². The van der Waals surface area contributed by atoms with Gasteiger partial charge >= 0.3 is 0 Å². The second kappa shape index (κ2) is 8.49. The number of rotatable bonds is 3. The number of fused-ring (bicyclic) bond motifs is 2. The van der Waals surface area contributed by atoms with Crippen molar-refractivity contribution in [3.05, 3.63) is 88.2 Å². The van der Waals surface area contributed by atoms with Gasteiger partial charge in [-0.1, -0.05) is 43.4 Å². The predicted octanol–water partition coefficient (Wildman–Crippen LogP) is 3.66. The van der Waals surface area contributed by atoms with E-state index >= 15 is 0 Å². The number of carbonyl (C=O) groups is 1. The molecule has 0 atom stereocenters. The van der Waals surface area contributed by atoms with Crippen LogP contribution < -0.4 is 15.2 Å². The molecule has 4 aliphatic rings. The third kappa shape index (κ3) is 3.64. The number of carboxylic acids is 1. The number of allylic oxidation sites excluding steroid dienone is 5. The van der Waals surface area contributed by atoms with E-state index in [0.717, 1.165) is 37.3 Å². The van der Waals surface area contributed by atoms with Gasteiger partial charge in [-0.05, 0) is 63.7 Å². The first-order valence-corrected chi connectivity index (χ1v) is 15.9. The summed E-state index contributed by atoms with van der Waals surface area (Å²) in [6.07, 6.45) is 11.9. The van der Waals surface area contributed by atoms with Crippen LogP contribution in [0.5, 0.6) is 0 Å². The van der Waals surface area contributed by atoms with Crippen LogP contribution in [-0.2, 0) is 0 Å². The van der Waals surface area contributed by atoms with Crippen molar-refractivity contribution in [1.82, 2.24) is 0 Å².